The first-order valence-corrected chi connectivity index (χ1v) is 7.03. The molecular formula is C12H20ClN3OS. The van der Waals surface area contributed by atoms with E-state index in [0.717, 1.165) is 24.4 Å². The van der Waals surface area contributed by atoms with Crippen molar-refractivity contribution in [3.8, 4) is 0 Å². The Bertz CT molecular complexity index is 358. The SMILES string of the molecule is CC1CCNC(C(=O)NCCc2nccs2)C1.Cl. The van der Waals surface area contributed by atoms with Crippen LogP contribution in [0.1, 0.15) is 24.8 Å². The highest BCUT2D eigenvalue weighted by atomic mass is 35.5. The molecule has 1 aromatic heterocycles. The van der Waals surface area contributed by atoms with Gasteiger partial charge in [-0.05, 0) is 25.3 Å². The van der Waals surface area contributed by atoms with Gasteiger partial charge in [0.05, 0.1) is 11.0 Å². The molecule has 2 atom stereocenters. The number of thiazole rings is 1. The van der Waals surface area contributed by atoms with E-state index in [1.54, 1.807) is 17.5 Å². The van der Waals surface area contributed by atoms with Crippen LogP contribution in [0.15, 0.2) is 11.6 Å². The molecule has 0 saturated carbocycles. The predicted octanol–water partition coefficient (Wildman–Crippen LogP) is 1.61. The van der Waals surface area contributed by atoms with Crippen LogP contribution in [-0.4, -0.2) is 30.0 Å². The number of hydrogen-bond acceptors (Lipinski definition) is 4. The number of hydrogen-bond donors (Lipinski definition) is 2. The van der Waals surface area contributed by atoms with Gasteiger partial charge >= 0.3 is 0 Å². The van der Waals surface area contributed by atoms with Crippen molar-refractivity contribution in [2.45, 2.75) is 32.2 Å². The highest BCUT2D eigenvalue weighted by molar-refractivity contribution is 7.09. The largest absolute Gasteiger partial charge is 0.354 e. The Morgan fingerprint density at radius 3 is 3.17 bits per heavy atom. The molecule has 6 heteroatoms. The zero-order valence-electron chi connectivity index (χ0n) is 10.5. The van der Waals surface area contributed by atoms with Crippen molar-refractivity contribution in [3.63, 3.8) is 0 Å². The second kappa shape index (κ2) is 7.71. The first-order valence-electron chi connectivity index (χ1n) is 6.15. The minimum atomic E-state index is -0.00459. The molecule has 2 heterocycles. The first kappa shape index (κ1) is 15.4. The van der Waals surface area contributed by atoms with Gasteiger partial charge in [-0.3, -0.25) is 4.79 Å². The van der Waals surface area contributed by atoms with E-state index in [9.17, 15) is 4.79 Å². The zero-order chi connectivity index (χ0) is 12.1. The highest BCUT2D eigenvalue weighted by Gasteiger charge is 2.23. The summed E-state index contributed by atoms with van der Waals surface area (Å²) in [6.07, 6.45) is 4.74. The smallest absolute Gasteiger partial charge is 0.237 e. The quantitative estimate of drug-likeness (QED) is 0.885. The summed E-state index contributed by atoms with van der Waals surface area (Å²) in [7, 11) is 0. The van der Waals surface area contributed by atoms with Crippen molar-refractivity contribution in [3.05, 3.63) is 16.6 Å². The van der Waals surface area contributed by atoms with Crippen LogP contribution in [0.4, 0.5) is 0 Å². The summed E-state index contributed by atoms with van der Waals surface area (Å²) in [5, 5.41) is 9.28. The minimum absolute atomic E-state index is 0. The lowest BCUT2D eigenvalue weighted by Crippen LogP contribution is -2.48. The number of halogens is 1. The normalized spacial score (nSPS) is 23.2. The van der Waals surface area contributed by atoms with Crippen LogP contribution in [0.25, 0.3) is 0 Å². The molecule has 102 valence electrons. The molecule has 1 amide bonds. The Morgan fingerprint density at radius 2 is 2.50 bits per heavy atom. The molecule has 0 radical (unpaired) electrons. The van der Waals surface area contributed by atoms with Crippen LogP contribution < -0.4 is 10.6 Å². The van der Waals surface area contributed by atoms with Crippen molar-refractivity contribution in [2.24, 2.45) is 5.92 Å². The number of rotatable bonds is 4. The molecule has 0 bridgehead atoms. The predicted molar refractivity (Wildman–Crippen MR) is 76.3 cm³/mol. The van der Waals surface area contributed by atoms with Gasteiger partial charge in [0.2, 0.25) is 5.91 Å². The lowest BCUT2D eigenvalue weighted by molar-refractivity contribution is -0.123. The number of carbonyl (C=O) groups excluding carboxylic acids is 1. The lowest BCUT2D eigenvalue weighted by atomic mass is 9.94. The van der Waals surface area contributed by atoms with Gasteiger partial charge < -0.3 is 10.6 Å². The fourth-order valence-electron chi connectivity index (χ4n) is 2.10. The summed E-state index contributed by atoms with van der Waals surface area (Å²) in [5.74, 6) is 0.777. The standard InChI is InChI=1S/C12H19N3OS.ClH/c1-9-2-4-13-10(8-9)12(16)15-5-3-11-14-6-7-17-11;/h6-7,9-10,13H,2-5,8H2,1H3,(H,15,16);1H. The first-order chi connectivity index (χ1) is 8.25. The lowest BCUT2D eigenvalue weighted by Gasteiger charge is -2.27. The molecule has 2 unspecified atom stereocenters. The van der Waals surface area contributed by atoms with Crippen molar-refractivity contribution in [1.29, 1.82) is 0 Å². The van der Waals surface area contributed by atoms with E-state index in [-0.39, 0.29) is 24.4 Å². The van der Waals surface area contributed by atoms with Gasteiger partial charge in [-0.15, -0.1) is 23.7 Å². The summed E-state index contributed by atoms with van der Waals surface area (Å²) in [5.41, 5.74) is 0. The number of piperidine rings is 1. The Kier molecular flexibility index (Phi) is 6.60. The molecule has 1 saturated heterocycles. The number of carbonyl (C=O) groups is 1. The fraction of sp³-hybridized carbons (Fsp3) is 0.667. The maximum absolute atomic E-state index is 11.9. The van der Waals surface area contributed by atoms with Crippen molar-refractivity contribution in [2.75, 3.05) is 13.1 Å². The Hall–Kier alpha value is -0.650. The molecule has 2 rings (SSSR count). The Morgan fingerprint density at radius 1 is 1.67 bits per heavy atom. The molecule has 2 N–H and O–H groups in total. The van der Waals surface area contributed by atoms with Gasteiger partial charge in [0.15, 0.2) is 0 Å². The molecule has 1 aromatic rings. The zero-order valence-corrected chi connectivity index (χ0v) is 12.1. The third-order valence-corrected chi connectivity index (χ3v) is 3.94. The van der Waals surface area contributed by atoms with Crippen molar-refractivity contribution < 1.29 is 4.79 Å². The topological polar surface area (TPSA) is 54.0 Å². The highest BCUT2D eigenvalue weighted by Crippen LogP contribution is 2.14. The van der Waals surface area contributed by atoms with Crippen molar-refractivity contribution in [1.82, 2.24) is 15.6 Å². The molecule has 0 spiro atoms. The number of aromatic nitrogens is 1. The number of amides is 1. The minimum Gasteiger partial charge on any atom is -0.354 e. The Labute approximate surface area is 118 Å². The van der Waals surface area contributed by atoms with E-state index in [1.807, 2.05) is 5.38 Å². The van der Waals surface area contributed by atoms with Gasteiger partial charge in [-0.25, -0.2) is 4.98 Å². The molecular weight excluding hydrogens is 270 g/mol. The van der Waals surface area contributed by atoms with Gasteiger partial charge in [0, 0.05) is 24.5 Å². The molecule has 1 aliphatic heterocycles. The van der Waals surface area contributed by atoms with E-state index in [2.05, 4.69) is 22.5 Å². The van der Waals surface area contributed by atoms with Gasteiger partial charge in [-0.2, -0.15) is 0 Å². The molecule has 4 nitrogen and oxygen atoms in total. The van der Waals surface area contributed by atoms with Crippen LogP contribution >= 0.6 is 23.7 Å². The van der Waals surface area contributed by atoms with Gasteiger partial charge in [-0.1, -0.05) is 6.92 Å². The third-order valence-electron chi connectivity index (χ3n) is 3.10. The van der Waals surface area contributed by atoms with Crippen LogP contribution in [0.3, 0.4) is 0 Å². The van der Waals surface area contributed by atoms with Crippen LogP contribution in [-0.2, 0) is 11.2 Å². The van der Waals surface area contributed by atoms with Gasteiger partial charge in [0.1, 0.15) is 0 Å². The average molecular weight is 290 g/mol. The molecule has 1 aliphatic rings. The summed E-state index contributed by atoms with van der Waals surface area (Å²) in [6, 6.07) is -0.00459. The van der Waals surface area contributed by atoms with E-state index < -0.39 is 0 Å². The monoisotopic (exact) mass is 289 g/mol. The van der Waals surface area contributed by atoms with E-state index in [0.29, 0.717) is 12.5 Å². The molecule has 18 heavy (non-hydrogen) atoms. The second-order valence-electron chi connectivity index (χ2n) is 4.60. The number of nitrogens with zero attached hydrogens (tertiary/aromatic N) is 1. The summed E-state index contributed by atoms with van der Waals surface area (Å²) < 4.78 is 0. The summed E-state index contributed by atoms with van der Waals surface area (Å²) in [4.78, 5) is 16.1. The van der Waals surface area contributed by atoms with E-state index >= 15 is 0 Å². The summed E-state index contributed by atoms with van der Waals surface area (Å²) in [6.45, 7) is 3.83. The van der Waals surface area contributed by atoms with E-state index in [1.165, 1.54) is 6.42 Å². The number of nitrogens with one attached hydrogen (secondary N) is 2. The van der Waals surface area contributed by atoms with E-state index in [4.69, 9.17) is 0 Å². The molecule has 0 aliphatic carbocycles. The van der Waals surface area contributed by atoms with Crippen LogP contribution in [0, 0.1) is 5.92 Å². The third kappa shape index (κ3) is 4.55. The van der Waals surface area contributed by atoms with Crippen LogP contribution in [0.5, 0.6) is 0 Å². The Balaban J connectivity index is 0.00000162. The second-order valence-corrected chi connectivity index (χ2v) is 5.58. The van der Waals surface area contributed by atoms with Crippen LogP contribution in [0.2, 0.25) is 0 Å². The molecule has 0 aromatic carbocycles. The van der Waals surface area contributed by atoms with Gasteiger partial charge in [0.25, 0.3) is 0 Å². The average Bonchev–Trinajstić information content (AvgIpc) is 2.82. The molecule has 1 fully saturated rings. The fourth-order valence-corrected chi connectivity index (χ4v) is 2.72. The summed E-state index contributed by atoms with van der Waals surface area (Å²) >= 11 is 1.63. The maximum atomic E-state index is 11.9. The van der Waals surface area contributed by atoms with Crippen molar-refractivity contribution >= 4 is 29.7 Å². The maximum Gasteiger partial charge on any atom is 0.237 e.